The number of ketones is 1. The minimum absolute atomic E-state index is 0.144. The van der Waals surface area contributed by atoms with Gasteiger partial charge in [-0.1, -0.05) is 11.9 Å². The lowest BCUT2D eigenvalue weighted by atomic mass is 9.87. The molecule has 0 spiro atoms. The number of hydrogen-bond donors (Lipinski definition) is 0. The first-order valence-electron chi connectivity index (χ1n) is 9.46. The molecule has 0 amide bonds. The van der Waals surface area contributed by atoms with Crippen LogP contribution in [0.5, 0.6) is 0 Å². The SMILES string of the molecule is CSN1CCC(c2cc3c(cc2C)cc(C(=O)/C(C#N)=C/N(C)C)n3SI)CC1. The van der Waals surface area contributed by atoms with Crippen LogP contribution in [0.2, 0.25) is 0 Å². The maximum absolute atomic E-state index is 13.0. The molecule has 0 unspecified atom stereocenters. The second-order valence-corrected chi connectivity index (χ2v) is 10.1. The van der Waals surface area contributed by atoms with Crippen LogP contribution < -0.4 is 0 Å². The topological polar surface area (TPSA) is 52.3 Å². The highest BCUT2D eigenvalue weighted by molar-refractivity contribution is 14.2. The van der Waals surface area contributed by atoms with E-state index in [9.17, 15) is 10.1 Å². The predicted molar refractivity (Wildman–Crippen MR) is 132 cm³/mol. The largest absolute Gasteiger partial charge is 0.382 e. The highest BCUT2D eigenvalue weighted by Gasteiger charge is 2.24. The van der Waals surface area contributed by atoms with Crippen molar-refractivity contribution in [3.8, 4) is 6.07 Å². The molecule has 0 aliphatic carbocycles. The van der Waals surface area contributed by atoms with Crippen LogP contribution in [0.3, 0.4) is 0 Å². The number of rotatable bonds is 6. The number of aromatic nitrogens is 1. The lowest BCUT2D eigenvalue weighted by Crippen LogP contribution is -2.27. The van der Waals surface area contributed by atoms with Crippen molar-refractivity contribution in [2.24, 2.45) is 0 Å². The molecule has 29 heavy (non-hydrogen) atoms. The van der Waals surface area contributed by atoms with Crippen molar-refractivity contribution < 1.29 is 4.79 Å². The van der Waals surface area contributed by atoms with E-state index in [1.165, 1.54) is 20.2 Å². The Bertz CT molecular complexity index is 985. The Morgan fingerprint density at radius 3 is 2.55 bits per heavy atom. The minimum Gasteiger partial charge on any atom is -0.382 e. The van der Waals surface area contributed by atoms with Crippen LogP contribution in [0.1, 0.15) is 40.4 Å². The molecule has 1 saturated heterocycles. The molecule has 1 aliphatic heterocycles. The van der Waals surface area contributed by atoms with Gasteiger partial charge in [0.2, 0.25) is 5.78 Å². The van der Waals surface area contributed by atoms with Gasteiger partial charge < -0.3 is 4.90 Å². The molecule has 1 aliphatic rings. The van der Waals surface area contributed by atoms with E-state index in [0.717, 1.165) is 36.8 Å². The third-order valence-electron chi connectivity index (χ3n) is 5.35. The van der Waals surface area contributed by atoms with Gasteiger partial charge in [0.1, 0.15) is 17.3 Å². The molecule has 1 aromatic carbocycles. The number of nitrogens with zero attached hydrogens (tertiary/aromatic N) is 4. The van der Waals surface area contributed by atoms with Crippen molar-refractivity contribution in [2.75, 3.05) is 33.4 Å². The van der Waals surface area contributed by atoms with Crippen molar-refractivity contribution in [2.45, 2.75) is 25.7 Å². The molecule has 5 nitrogen and oxygen atoms in total. The smallest absolute Gasteiger partial charge is 0.222 e. The van der Waals surface area contributed by atoms with Gasteiger partial charge in [-0.15, -0.1) is 0 Å². The number of carbonyl (C=O) groups excluding carboxylic acids is 1. The number of hydrogen-bond acceptors (Lipinski definition) is 6. The predicted octanol–water partition coefficient (Wildman–Crippen LogP) is 5.41. The Morgan fingerprint density at radius 2 is 2.00 bits per heavy atom. The first kappa shape index (κ1) is 22.5. The summed E-state index contributed by atoms with van der Waals surface area (Å²) in [7, 11) is 5.10. The van der Waals surface area contributed by atoms with Gasteiger partial charge >= 0.3 is 0 Å². The van der Waals surface area contributed by atoms with Crippen LogP contribution in [0.4, 0.5) is 0 Å². The number of carbonyl (C=O) groups is 1. The van der Waals surface area contributed by atoms with Crippen molar-refractivity contribution in [1.82, 2.24) is 13.2 Å². The summed E-state index contributed by atoms with van der Waals surface area (Å²) in [6.07, 6.45) is 6.03. The Hall–Kier alpha value is -1.15. The van der Waals surface area contributed by atoms with Crippen LogP contribution in [-0.4, -0.2) is 52.4 Å². The Kier molecular flexibility index (Phi) is 7.59. The summed E-state index contributed by atoms with van der Waals surface area (Å²) < 4.78 is 4.38. The third kappa shape index (κ3) is 4.79. The zero-order valence-electron chi connectivity index (χ0n) is 17.1. The Morgan fingerprint density at radius 1 is 1.31 bits per heavy atom. The molecule has 0 N–H and O–H groups in total. The van der Waals surface area contributed by atoms with E-state index in [0.29, 0.717) is 11.6 Å². The molecule has 8 heteroatoms. The highest BCUT2D eigenvalue weighted by atomic mass is 127. The molecule has 2 heterocycles. The first-order valence-corrected chi connectivity index (χ1v) is 14.0. The van der Waals surface area contributed by atoms with E-state index in [1.54, 1.807) is 11.1 Å². The number of fused-ring (bicyclic) bond motifs is 1. The van der Waals surface area contributed by atoms with Crippen molar-refractivity contribution in [3.05, 3.63) is 46.8 Å². The van der Waals surface area contributed by atoms with Gasteiger partial charge in [0.15, 0.2) is 0 Å². The molecule has 0 atom stereocenters. The standard InChI is InChI=1S/C21H25IN4OS2/c1-14-9-16-10-20(21(27)17(12-23)13-24(2)3)26(29-22)19(16)11-18(14)15-5-7-25(28-4)8-6-15/h9-11,13,15H,5-8H2,1-4H3/b17-13+. The Balaban J connectivity index is 2.03. The third-order valence-corrected chi connectivity index (χ3v) is 7.95. The van der Waals surface area contributed by atoms with E-state index in [-0.39, 0.29) is 11.4 Å². The second kappa shape index (κ2) is 9.77. The van der Waals surface area contributed by atoms with Crippen molar-refractivity contribution in [1.29, 1.82) is 5.26 Å². The van der Waals surface area contributed by atoms with Crippen LogP contribution in [0.25, 0.3) is 10.9 Å². The average molecular weight is 540 g/mol. The lowest BCUT2D eigenvalue weighted by molar-refractivity contribution is 0.103. The second-order valence-electron chi connectivity index (χ2n) is 7.49. The number of halogens is 1. The number of nitriles is 1. The van der Waals surface area contributed by atoms with Crippen LogP contribution in [-0.2, 0) is 0 Å². The van der Waals surface area contributed by atoms with E-state index in [4.69, 9.17) is 0 Å². The van der Waals surface area contributed by atoms with Crippen molar-refractivity contribution >= 4 is 59.0 Å². The maximum atomic E-state index is 13.0. The molecule has 0 saturated carbocycles. The molecule has 2 aromatic rings. The first-order chi connectivity index (χ1) is 13.9. The maximum Gasteiger partial charge on any atom is 0.222 e. The molecular formula is C21H25IN4OS2. The van der Waals surface area contributed by atoms with Crippen LogP contribution in [0, 0.1) is 18.3 Å². The molecule has 1 aromatic heterocycles. The number of benzene rings is 1. The fourth-order valence-electron chi connectivity index (χ4n) is 3.92. The normalized spacial score (nSPS) is 16.2. The molecule has 154 valence electrons. The van der Waals surface area contributed by atoms with Gasteiger partial charge in [-0.05, 0) is 61.3 Å². The highest BCUT2D eigenvalue weighted by Crippen LogP contribution is 2.37. The van der Waals surface area contributed by atoms with Crippen molar-refractivity contribution in [3.63, 3.8) is 0 Å². The van der Waals surface area contributed by atoms with E-state index in [1.807, 2.05) is 42.2 Å². The summed E-state index contributed by atoms with van der Waals surface area (Å²) >= 11 is 4.03. The zero-order chi connectivity index (χ0) is 21.1. The summed E-state index contributed by atoms with van der Waals surface area (Å²) in [6.45, 7) is 4.38. The number of allylic oxidation sites excluding steroid dienone is 1. The molecule has 0 bridgehead atoms. The van der Waals surface area contributed by atoms with Crippen LogP contribution >= 0.6 is 42.3 Å². The summed E-state index contributed by atoms with van der Waals surface area (Å²) in [5, 5.41) is 10.5. The summed E-state index contributed by atoms with van der Waals surface area (Å²) in [5.74, 6) is 0.307. The van der Waals surface area contributed by atoms with Gasteiger partial charge in [-0.25, -0.2) is 0 Å². The number of piperidine rings is 1. The quantitative estimate of drug-likeness (QED) is 0.161. The lowest BCUT2D eigenvalue weighted by Gasteiger charge is -2.31. The Labute approximate surface area is 193 Å². The van der Waals surface area contributed by atoms with Crippen LogP contribution in [0.15, 0.2) is 30.0 Å². The fourth-order valence-corrected chi connectivity index (χ4v) is 6.21. The summed E-state index contributed by atoms with van der Waals surface area (Å²) in [6, 6.07) is 8.41. The summed E-state index contributed by atoms with van der Waals surface area (Å²) in [4.78, 5) is 14.8. The van der Waals surface area contributed by atoms with Gasteiger partial charge in [0.25, 0.3) is 0 Å². The van der Waals surface area contributed by atoms with E-state index >= 15 is 0 Å². The molecule has 0 radical (unpaired) electrons. The van der Waals surface area contributed by atoms with E-state index < -0.39 is 0 Å². The minimum atomic E-state index is -0.242. The molecule has 3 rings (SSSR count). The number of aryl methyl sites for hydroxylation is 1. The van der Waals surface area contributed by atoms with Gasteiger partial charge in [-0.2, -0.15) is 5.26 Å². The van der Waals surface area contributed by atoms with Gasteiger partial charge in [0, 0.05) is 69.1 Å². The van der Waals surface area contributed by atoms with E-state index in [2.05, 4.69) is 50.8 Å². The monoisotopic (exact) mass is 540 g/mol. The molecule has 1 fully saturated rings. The number of Topliss-reactive ketones (excluding diaryl/α,β-unsaturated/α-hetero) is 1. The average Bonchev–Trinajstić information content (AvgIpc) is 3.08. The van der Waals surface area contributed by atoms with Gasteiger partial charge in [0.05, 0.1) is 5.52 Å². The van der Waals surface area contributed by atoms with Gasteiger partial charge in [-0.3, -0.25) is 13.1 Å². The summed E-state index contributed by atoms with van der Waals surface area (Å²) in [5.41, 5.74) is 4.39. The zero-order valence-corrected chi connectivity index (χ0v) is 20.9. The fraction of sp³-hybridized carbons (Fsp3) is 0.429. The molecular weight excluding hydrogens is 515 g/mol.